The number of aromatic nitrogens is 4. The normalized spacial score (nSPS) is 13.7. The number of rotatable bonds is 20. The molecule has 0 aliphatic heterocycles. The van der Waals surface area contributed by atoms with Gasteiger partial charge in [-0.25, -0.2) is 18.1 Å². The number of Topliss-reactive ketones (excluding diaryl/α,β-unsaturated/α-hetero) is 2. The Bertz CT molecular complexity index is 2970. The third-order valence-corrected chi connectivity index (χ3v) is 13.5. The summed E-state index contributed by atoms with van der Waals surface area (Å²) in [5, 5.41) is 16.4. The van der Waals surface area contributed by atoms with Crippen LogP contribution in [0, 0.1) is 37.3 Å². The van der Waals surface area contributed by atoms with Crippen LogP contribution in [0.15, 0.2) is 158 Å². The van der Waals surface area contributed by atoms with E-state index in [1.54, 1.807) is 33.6 Å². The second-order valence-electron chi connectivity index (χ2n) is 19.4. The van der Waals surface area contributed by atoms with Crippen LogP contribution in [0.2, 0.25) is 0 Å². The number of hydrogen-bond acceptors (Lipinski definition) is 7. The van der Waals surface area contributed by atoms with Crippen molar-refractivity contribution in [1.29, 1.82) is 0 Å². The molecule has 0 spiro atoms. The molecule has 384 valence electrons. The van der Waals surface area contributed by atoms with E-state index >= 15 is 0 Å². The number of carbonyl (C=O) groups excluding carboxylic acids is 2. The lowest BCUT2D eigenvalue weighted by Crippen LogP contribution is -2.25. The quantitative estimate of drug-likeness (QED) is 0.0651. The predicted octanol–water partition coefficient (Wildman–Crippen LogP) is 12.7. The molecule has 9 nitrogen and oxygen atoms in total. The van der Waals surface area contributed by atoms with Gasteiger partial charge in [0.1, 0.15) is 23.0 Å². The molecule has 74 heavy (non-hydrogen) atoms. The molecule has 2 aromatic heterocycles. The standard InChI is InChI=1S/C31H32FN3O.C30H31FN4O.CH4.ClH/c1-3-22-7-5-12-28(17-22)35-29(15-21(2)34-35)30(36)18-24-8-4-9-25(16-24)31(33-20-23-13-14-23)26-10-6-11-27(32)19-26;1-20-13-28(35(34-20)27-10-3-6-23(15-27)18-32)29(36)16-22-5-2-7-24(14-22)30(33-19-21-11-12-21)25-8-4-9-26(31)17-25;;/h4-12,15-17,19,23,31,33H,3,13-14,18,20H2,1-2H3;2-10,13-15,17,21,30,33H,11-12,16,18-19,32H2,1H3;1H4;1H. The summed E-state index contributed by atoms with van der Waals surface area (Å²) >= 11 is 0. The number of benzene rings is 6. The molecule has 0 radical (unpaired) electrons. The van der Waals surface area contributed by atoms with Gasteiger partial charge in [0.2, 0.25) is 0 Å². The second kappa shape index (κ2) is 25.4. The van der Waals surface area contributed by atoms with E-state index in [9.17, 15) is 18.4 Å². The van der Waals surface area contributed by atoms with Crippen molar-refractivity contribution in [3.63, 3.8) is 0 Å². The van der Waals surface area contributed by atoms with Crippen LogP contribution in [0.25, 0.3) is 11.4 Å². The Balaban J connectivity index is 0.000000211. The van der Waals surface area contributed by atoms with Gasteiger partial charge in [0.25, 0.3) is 0 Å². The largest absolute Gasteiger partial charge is 0.326 e. The first-order valence-corrected chi connectivity index (χ1v) is 25.2. The molecule has 12 heteroatoms. The van der Waals surface area contributed by atoms with Gasteiger partial charge >= 0.3 is 0 Å². The molecular formula is C62H68ClF2N7O2. The molecule has 10 rings (SSSR count). The van der Waals surface area contributed by atoms with Crippen LogP contribution >= 0.6 is 12.4 Å². The van der Waals surface area contributed by atoms with Crippen molar-refractivity contribution < 1.29 is 18.4 Å². The number of ketones is 2. The van der Waals surface area contributed by atoms with Crippen LogP contribution in [-0.4, -0.2) is 44.2 Å². The summed E-state index contributed by atoms with van der Waals surface area (Å²) in [5.41, 5.74) is 18.1. The van der Waals surface area contributed by atoms with E-state index in [2.05, 4.69) is 52.0 Å². The highest BCUT2D eigenvalue weighted by molar-refractivity contribution is 5.97. The highest BCUT2D eigenvalue weighted by atomic mass is 35.5. The number of nitrogens with zero attached hydrogens (tertiary/aromatic N) is 4. The Kier molecular flexibility index (Phi) is 18.8. The highest BCUT2D eigenvalue weighted by Crippen LogP contribution is 2.32. The highest BCUT2D eigenvalue weighted by Gasteiger charge is 2.26. The van der Waals surface area contributed by atoms with Crippen molar-refractivity contribution in [3.05, 3.63) is 237 Å². The smallest absolute Gasteiger partial charge is 0.185 e. The van der Waals surface area contributed by atoms with Gasteiger partial charge in [-0.3, -0.25) is 9.59 Å². The fourth-order valence-electron chi connectivity index (χ4n) is 9.27. The minimum atomic E-state index is -0.251. The second-order valence-corrected chi connectivity index (χ2v) is 19.4. The molecule has 2 atom stereocenters. The number of nitrogens with one attached hydrogen (secondary N) is 2. The summed E-state index contributed by atoms with van der Waals surface area (Å²) in [6, 6.07) is 49.0. The fraction of sp³-hybridized carbons (Fsp3) is 0.290. The predicted molar refractivity (Wildman–Crippen MR) is 295 cm³/mol. The third-order valence-electron chi connectivity index (χ3n) is 13.5. The van der Waals surface area contributed by atoms with Crippen molar-refractivity contribution in [2.24, 2.45) is 17.6 Å². The van der Waals surface area contributed by atoms with Gasteiger partial charge in [-0.2, -0.15) is 10.2 Å². The molecule has 2 saturated carbocycles. The minimum Gasteiger partial charge on any atom is -0.326 e. The average Bonchev–Trinajstić information content (AvgIpc) is 4.33. The average molecular weight is 1020 g/mol. The van der Waals surface area contributed by atoms with Crippen LogP contribution < -0.4 is 16.4 Å². The van der Waals surface area contributed by atoms with Gasteiger partial charge in [0, 0.05) is 19.4 Å². The lowest BCUT2D eigenvalue weighted by molar-refractivity contribution is 0.0977. The number of aryl methyl sites for hydroxylation is 3. The Morgan fingerprint density at radius 2 is 0.932 bits per heavy atom. The van der Waals surface area contributed by atoms with Gasteiger partial charge < -0.3 is 16.4 Å². The molecule has 2 aliphatic carbocycles. The maximum absolute atomic E-state index is 14.0. The number of nitrogens with two attached hydrogens (primary N) is 1. The summed E-state index contributed by atoms with van der Waals surface area (Å²) in [6.45, 7) is 8.13. The summed E-state index contributed by atoms with van der Waals surface area (Å²) in [5.74, 6) is 0.891. The molecule has 2 heterocycles. The summed E-state index contributed by atoms with van der Waals surface area (Å²) in [7, 11) is 0. The maximum atomic E-state index is 14.0. The Morgan fingerprint density at radius 3 is 1.34 bits per heavy atom. The SMILES string of the molecule is C.CCc1cccc(-n2nc(C)cc2C(=O)Cc2cccc(C(NCC3CC3)c3cccc(F)c3)c2)c1.Cc1cc(C(=O)Cc2cccc(C(NCC3CC3)c3cccc(F)c3)c2)n(-c2cccc(CN)c2)n1.Cl. The van der Waals surface area contributed by atoms with Gasteiger partial charge in [0.15, 0.2) is 11.6 Å². The Labute approximate surface area is 441 Å². The van der Waals surface area contributed by atoms with E-state index in [1.165, 1.54) is 43.4 Å². The Morgan fingerprint density at radius 1 is 0.554 bits per heavy atom. The van der Waals surface area contributed by atoms with Gasteiger partial charge in [-0.15, -0.1) is 12.4 Å². The molecule has 4 N–H and O–H groups in total. The van der Waals surface area contributed by atoms with Crippen molar-refractivity contribution >= 4 is 24.0 Å². The van der Waals surface area contributed by atoms with Crippen molar-refractivity contribution in [1.82, 2.24) is 30.2 Å². The van der Waals surface area contributed by atoms with Gasteiger partial charge in [-0.1, -0.05) is 111 Å². The molecule has 0 bridgehead atoms. The maximum Gasteiger partial charge on any atom is 0.185 e. The first-order chi connectivity index (χ1) is 35.0. The number of hydrogen-bond donors (Lipinski definition) is 3. The molecule has 6 aromatic carbocycles. The monoisotopic (exact) mass is 1020 g/mol. The Hall–Kier alpha value is -6.89. The molecule has 8 aromatic rings. The van der Waals surface area contributed by atoms with E-state index in [4.69, 9.17) is 5.73 Å². The third kappa shape index (κ3) is 14.2. The molecule has 0 amide bonds. The van der Waals surface area contributed by atoms with Gasteiger partial charge in [-0.05, 0) is 176 Å². The van der Waals surface area contributed by atoms with E-state index < -0.39 is 0 Å². The summed E-state index contributed by atoms with van der Waals surface area (Å²) < 4.78 is 31.5. The topological polar surface area (TPSA) is 120 Å². The van der Waals surface area contributed by atoms with E-state index in [0.717, 1.165) is 81.2 Å². The van der Waals surface area contributed by atoms with E-state index in [-0.39, 0.29) is 68.0 Å². The molecule has 2 aliphatic rings. The van der Waals surface area contributed by atoms with E-state index in [0.29, 0.717) is 29.8 Å². The zero-order chi connectivity index (χ0) is 50.1. The van der Waals surface area contributed by atoms with Crippen LogP contribution in [0.4, 0.5) is 8.78 Å². The fourth-order valence-corrected chi connectivity index (χ4v) is 9.27. The van der Waals surface area contributed by atoms with Crippen molar-refractivity contribution in [2.45, 2.75) is 91.8 Å². The van der Waals surface area contributed by atoms with Crippen LogP contribution in [0.1, 0.15) is 129 Å². The van der Waals surface area contributed by atoms with Gasteiger partial charge in [0.05, 0.1) is 34.8 Å². The van der Waals surface area contributed by atoms with Crippen LogP contribution in [0.5, 0.6) is 0 Å². The lowest BCUT2D eigenvalue weighted by Gasteiger charge is -2.21. The number of halogens is 3. The van der Waals surface area contributed by atoms with Crippen molar-refractivity contribution in [2.75, 3.05) is 13.1 Å². The minimum absolute atomic E-state index is 0. The lowest BCUT2D eigenvalue weighted by atomic mass is 9.95. The zero-order valence-electron chi connectivity index (χ0n) is 41.7. The molecular weight excluding hydrogens is 948 g/mol. The first kappa shape index (κ1) is 54.9. The zero-order valence-corrected chi connectivity index (χ0v) is 42.6. The van der Waals surface area contributed by atoms with Crippen molar-refractivity contribution in [3.8, 4) is 11.4 Å². The molecule has 2 unspecified atom stereocenters. The van der Waals surface area contributed by atoms with E-state index in [1.807, 2.05) is 111 Å². The first-order valence-electron chi connectivity index (χ1n) is 25.2. The molecule has 0 saturated heterocycles. The van der Waals surface area contributed by atoms with Crippen LogP contribution in [-0.2, 0) is 25.8 Å². The van der Waals surface area contributed by atoms with Crippen LogP contribution in [0.3, 0.4) is 0 Å². The number of carbonyl (C=O) groups is 2. The summed E-state index contributed by atoms with van der Waals surface area (Å²) in [6.07, 6.45) is 6.39. The molecule has 2 fully saturated rings. The summed E-state index contributed by atoms with van der Waals surface area (Å²) in [4.78, 5) is 26.9.